The lowest BCUT2D eigenvalue weighted by Crippen LogP contribution is -2.27. The van der Waals surface area contributed by atoms with E-state index in [0.717, 1.165) is 5.56 Å². The zero-order valence-electron chi connectivity index (χ0n) is 8.21. The van der Waals surface area contributed by atoms with Crippen LogP contribution >= 0.6 is 0 Å². The van der Waals surface area contributed by atoms with Crippen molar-refractivity contribution in [2.75, 3.05) is 0 Å². The Hall–Kier alpha value is -0.890. The van der Waals surface area contributed by atoms with E-state index in [1.807, 2.05) is 13.8 Å². The van der Waals surface area contributed by atoms with Gasteiger partial charge >= 0.3 is 0 Å². The van der Waals surface area contributed by atoms with E-state index in [4.69, 9.17) is 0 Å². The predicted molar refractivity (Wildman–Crippen MR) is 50.8 cm³/mol. The van der Waals surface area contributed by atoms with Crippen LogP contribution in [0.5, 0.6) is 0 Å². The predicted octanol–water partition coefficient (Wildman–Crippen LogP) is 2.69. The van der Waals surface area contributed by atoms with Crippen molar-refractivity contribution in [3.8, 4) is 0 Å². The first-order chi connectivity index (χ1) is 5.94. The van der Waals surface area contributed by atoms with Crippen LogP contribution < -0.4 is 0 Å². The van der Waals surface area contributed by atoms with Crippen LogP contribution in [0.15, 0.2) is 24.3 Å². The van der Waals surface area contributed by atoms with Crippen molar-refractivity contribution in [1.29, 1.82) is 0 Å². The fourth-order valence-electron chi connectivity index (χ4n) is 1.12. The molecule has 1 unspecified atom stereocenters. The molecule has 0 aliphatic heterocycles. The third-order valence-corrected chi connectivity index (χ3v) is 2.55. The maximum Gasteiger partial charge on any atom is 0.123 e. The minimum absolute atomic E-state index is 0.109. The van der Waals surface area contributed by atoms with Crippen molar-refractivity contribution in [3.05, 3.63) is 35.6 Å². The topological polar surface area (TPSA) is 20.2 Å². The van der Waals surface area contributed by atoms with Gasteiger partial charge in [-0.05, 0) is 30.5 Å². The Balaban J connectivity index is 3.01. The number of rotatable bonds is 2. The average molecular weight is 182 g/mol. The zero-order chi connectivity index (χ0) is 10.1. The molecular weight excluding hydrogens is 167 g/mol. The van der Waals surface area contributed by atoms with Crippen molar-refractivity contribution in [1.82, 2.24) is 0 Å². The molecule has 0 saturated heterocycles. The van der Waals surface area contributed by atoms with Crippen molar-refractivity contribution < 1.29 is 9.50 Å². The van der Waals surface area contributed by atoms with Crippen LogP contribution in [0.1, 0.15) is 26.3 Å². The first-order valence-corrected chi connectivity index (χ1v) is 4.43. The highest BCUT2D eigenvalue weighted by Crippen LogP contribution is 2.28. The fraction of sp³-hybridized carbons (Fsp3) is 0.455. The minimum atomic E-state index is -0.881. The van der Waals surface area contributed by atoms with Crippen LogP contribution in [0.2, 0.25) is 0 Å². The van der Waals surface area contributed by atoms with E-state index in [2.05, 4.69) is 0 Å². The van der Waals surface area contributed by atoms with Gasteiger partial charge in [-0.25, -0.2) is 4.39 Å². The second-order valence-corrected chi connectivity index (χ2v) is 3.81. The number of aliphatic hydroxyl groups is 1. The van der Waals surface area contributed by atoms with Crippen LogP contribution in [-0.4, -0.2) is 5.11 Å². The quantitative estimate of drug-likeness (QED) is 0.745. The van der Waals surface area contributed by atoms with Gasteiger partial charge in [0.25, 0.3) is 0 Å². The molecule has 0 aliphatic rings. The van der Waals surface area contributed by atoms with E-state index in [0.29, 0.717) is 0 Å². The van der Waals surface area contributed by atoms with Gasteiger partial charge in [0.2, 0.25) is 0 Å². The summed E-state index contributed by atoms with van der Waals surface area (Å²) in [6.07, 6.45) is 0. The Morgan fingerprint density at radius 1 is 1.23 bits per heavy atom. The molecule has 0 aliphatic carbocycles. The van der Waals surface area contributed by atoms with Crippen molar-refractivity contribution >= 4 is 0 Å². The molecule has 0 amide bonds. The van der Waals surface area contributed by atoms with Crippen LogP contribution in [0, 0.1) is 11.7 Å². The smallest absolute Gasteiger partial charge is 0.123 e. The van der Waals surface area contributed by atoms with Crippen LogP contribution in [-0.2, 0) is 5.60 Å². The summed E-state index contributed by atoms with van der Waals surface area (Å²) < 4.78 is 12.6. The van der Waals surface area contributed by atoms with Crippen LogP contribution in [0.25, 0.3) is 0 Å². The average Bonchev–Trinajstić information content (AvgIpc) is 2.04. The van der Waals surface area contributed by atoms with Gasteiger partial charge in [0, 0.05) is 0 Å². The highest BCUT2D eigenvalue weighted by Gasteiger charge is 2.26. The van der Waals surface area contributed by atoms with E-state index in [1.54, 1.807) is 19.1 Å². The molecule has 0 aromatic heterocycles. The summed E-state index contributed by atoms with van der Waals surface area (Å²) in [5.41, 5.74) is -0.128. The summed E-state index contributed by atoms with van der Waals surface area (Å²) in [6.45, 7) is 5.61. The lowest BCUT2D eigenvalue weighted by Gasteiger charge is -2.28. The van der Waals surface area contributed by atoms with E-state index in [-0.39, 0.29) is 11.7 Å². The molecule has 1 aromatic carbocycles. The Labute approximate surface area is 78.2 Å². The van der Waals surface area contributed by atoms with E-state index in [1.165, 1.54) is 12.1 Å². The molecule has 1 aromatic rings. The molecule has 72 valence electrons. The molecule has 0 radical (unpaired) electrons. The normalized spacial score (nSPS) is 15.8. The standard InChI is InChI=1S/C11H15FO/c1-8(2)11(3,13)9-4-6-10(12)7-5-9/h4-8,13H,1-3H3. The fourth-order valence-corrected chi connectivity index (χ4v) is 1.12. The van der Waals surface area contributed by atoms with Gasteiger partial charge in [-0.2, -0.15) is 0 Å². The second-order valence-electron chi connectivity index (χ2n) is 3.81. The highest BCUT2D eigenvalue weighted by molar-refractivity contribution is 5.22. The van der Waals surface area contributed by atoms with Crippen molar-refractivity contribution in [2.24, 2.45) is 5.92 Å². The van der Waals surface area contributed by atoms with Gasteiger partial charge in [-0.15, -0.1) is 0 Å². The summed E-state index contributed by atoms with van der Waals surface area (Å²) in [4.78, 5) is 0. The first-order valence-electron chi connectivity index (χ1n) is 4.43. The van der Waals surface area contributed by atoms with Gasteiger partial charge in [0.05, 0.1) is 5.60 Å². The molecule has 0 spiro atoms. The Morgan fingerprint density at radius 2 is 1.69 bits per heavy atom. The molecule has 0 fully saturated rings. The van der Waals surface area contributed by atoms with E-state index >= 15 is 0 Å². The van der Waals surface area contributed by atoms with Gasteiger partial charge in [-0.3, -0.25) is 0 Å². The lowest BCUT2D eigenvalue weighted by molar-refractivity contribution is 0.00900. The summed E-state index contributed by atoms with van der Waals surface area (Å²) in [5.74, 6) is -0.165. The van der Waals surface area contributed by atoms with Gasteiger partial charge in [0.15, 0.2) is 0 Å². The monoisotopic (exact) mass is 182 g/mol. The number of hydrogen-bond donors (Lipinski definition) is 1. The molecule has 1 nitrogen and oxygen atoms in total. The molecule has 1 atom stereocenters. The van der Waals surface area contributed by atoms with E-state index < -0.39 is 5.60 Å². The van der Waals surface area contributed by atoms with Gasteiger partial charge in [0.1, 0.15) is 5.82 Å². The molecule has 0 saturated carbocycles. The Bertz CT molecular complexity index is 275. The Morgan fingerprint density at radius 3 is 2.08 bits per heavy atom. The largest absolute Gasteiger partial charge is 0.385 e. The molecule has 2 heteroatoms. The molecular formula is C11H15FO. The SMILES string of the molecule is CC(C)C(C)(O)c1ccc(F)cc1. The maximum atomic E-state index is 12.6. The van der Waals surface area contributed by atoms with Crippen molar-refractivity contribution in [2.45, 2.75) is 26.4 Å². The molecule has 1 rings (SSSR count). The van der Waals surface area contributed by atoms with Gasteiger partial charge < -0.3 is 5.11 Å². The number of halogens is 1. The van der Waals surface area contributed by atoms with Gasteiger partial charge in [-0.1, -0.05) is 26.0 Å². The van der Waals surface area contributed by atoms with Crippen LogP contribution in [0.3, 0.4) is 0 Å². The summed E-state index contributed by atoms with van der Waals surface area (Å²) in [5, 5.41) is 10.0. The van der Waals surface area contributed by atoms with Crippen LogP contribution in [0.4, 0.5) is 4.39 Å². The Kier molecular flexibility index (Phi) is 2.71. The summed E-state index contributed by atoms with van der Waals surface area (Å²) in [6, 6.07) is 5.98. The van der Waals surface area contributed by atoms with E-state index in [9.17, 15) is 9.50 Å². The highest BCUT2D eigenvalue weighted by atomic mass is 19.1. The molecule has 0 heterocycles. The maximum absolute atomic E-state index is 12.6. The third-order valence-electron chi connectivity index (χ3n) is 2.55. The first kappa shape index (κ1) is 10.2. The number of benzene rings is 1. The second kappa shape index (κ2) is 3.46. The molecule has 13 heavy (non-hydrogen) atoms. The lowest BCUT2D eigenvalue weighted by atomic mass is 9.85. The summed E-state index contributed by atoms with van der Waals surface area (Å²) in [7, 11) is 0. The molecule has 0 bridgehead atoms. The number of hydrogen-bond acceptors (Lipinski definition) is 1. The minimum Gasteiger partial charge on any atom is -0.385 e. The van der Waals surface area contributed by atoms with Crippen molar-refractivity contribution in [3.63, 3.8) is 0 Å². The third kappa shape index (κ3) is 2.07. The summed E-state index contributed by atoms with van der Waals surface area (Å²) >= 11 is 0. The molecule has 1 N–H and O–H groups in total. The zero-order valence-corrected chi connectivity index (χ0v) is 8.21.